The number of benzene rings is 1. The number of thioether (sulfide) groups is 1. The van der Waals surface area contributed by atoms with Crippen molar-refractivity contribution in [2.45, 2.75) is 37.3 Å². The van der Waals surface area contributed by atoms with Gasteiger partial charge in [0.1, 0.15) is 16.9 Å². The van der Waals surface area contributed by atoms with Crippen LogP contribution in [0.3, 0.4) is 0 Å². The van der Waals surface area contributed by atoms with Crippen molar-refractivity contribution in [1.82, 2.24) is 4.98 Å². The lowest BCUT2D eigenvalue weighted by Gasteiger charge is -2.22. The Bertz CT molecular complexity index is 1030. The number of carbonyl (C=O) groups is 1. The number of pyridine rings is 1. The van der Waals surface area contributed by atoms with Crippen LogP contribution in [0.2, 0.25) is 0 Å². The third-order valence-corrected chi connectivity index (χ3v) is 5.96. The molecule has 3 aromatic rings. The number of nitrogens with zero attached hydrogens (tertiary/aromatic N) is 3. The molecule has 2 heterocycles. The predicted molar refractivity (Wildman–Crippen MR) is 113 cm³/mol. The molecule has 0 aliphatic heterocycles. The number of nitriles is 1. The van der Waals surface area contributed by atoms with Gasteiger partial charge in [0.15, 0.2) is 0 Å². The topological polar surface area (TPSA) is 70.1 Å². The van der Waals surface area contributed by atoms with E-state index in [2.05, 4.69) is 6.07 Å². The number of amides is 1. The molecular weight excluding hydrogens is 382 g/mol. The molecule has 1 aliphatic rings. The van der Waals surface area contributed by atoms with Gasteiger partial charge in [-0.15, -0.1) is 0 Å². The lowest BCUT2D eigenvalue weighted by atomic mass is 9.95. The van der Waals surface area contributed by atoms with Crippen molar-refractivity contribution in [3.05, 3.63) is 77.4 Å². The first-order chi connectivity index (χ1) is 14.2. The van der Waals surface area contributed by atoms with E-state index in [1.54, 1.807) is 11.2 Å². The minimum absolute atomic E-state index is 0.0546. The van der Waals surface area contributed by atoms with Gasteiger partial charge in [-0.1, -0.05) is 30.0 Å². The van der Waals surface area contributed by atoms with Crippen LogP contribution in [0.1, 0.15) is 35.4 Å². The number of rotatable bonds is 6. The molecule has 6 heteroatoms. The molecule has 1 aromatic carbocycles. The Hall–Kier alpha value is -3.04. The van der Waals surface area contributed by atoms with Gasteiger partial charge in [0.2, 0.25) is 5.91 Å². The van der Waals surface area contributed by atoms with E-state index in [1.807, 2.05) is 48.5 Å². The SMILES string of the molecule is N#Cc1cc2c(nc1SCC(=O)N(Cc1ccco1)c1ccccc1)CCCC2. The van der Waals surface area contributed by atoms with E-state index in [1.165, 1.54) is 17.3 Å². The largest absolute Gasteiger partial charge is 0.467 e. The zero-order chi connectivity index (χ0) is 20.1. The molecule has 0 bridgehead atoms. The minimum atomic E-state index is -0.0546. The van der Waals surface area contributed by atoms with E-state index in [4.69, 9.17) is 9.40 Å². The summed E-state index contributed by atoms with van der Waals surface area (Å²) in [5.41, 5.74) is 3.61. The van der Waals surface area contributed by atoms with Crippen LogP contribution in [-0.4, -0.2) is 16.6 Å². The zero-order valence-corrected chi connectivity index (χ0v) is 16.8. The Morgan fingerprint density at radius 1 is 1.17 bits per heavy atom. The Labute approximate surface area is 174 Å². The van der Waals surface area contributed by atoms with Crippen LogP contribution in [-0.2, 0) is 24.2 Å². The van der Waals surface area contributed by atoms with Crippen molar-refractivity contribution < 1.29 is 9.21 Å². The van der Waals surface area contributed by atoms with E-state index in [0.29, 0.717) is 17.1 Å². The van der Waals surface area contributed by atoms with Crippen molar-refractivity contribution in [1.29, 1.82) is 5.26 Å². The molecule has 5 nitrogen and oxygen atoms in total. The molecule has 146 valence electrons. The highest BCUT2D eigenvalue weighted by atomic mass is 32.2. The fraction of sp³-hybridized carbons (Fsp3) is 0.261. The van der Waals surface area contributed by atoms with E-state index >= 15 is 0 Å². The summed E-state index contributed by atoms with van der Waals surface area (Å²) < 4.78 is 5.44. The van der Waals surface area contributed by atoms with Gasteiger partial charge in [-0.3, -0.25) is 4.79 Å². The van der Waals surface area contributed by atoms with Crippen molar-refractivity contribution in [3.8, 4) is 6.07 Å². The van der Waals surface area contributed by atoms with Crippen LogP contribution in [0.15, 0.2) is 64.2 Å². The molecule has 0 radical (unpaired) electrons. The maximum absolute atomic E-state index is 13.1. The standard InChI is InChI=1S/C23H21N3O2S/c24-14-18-13-17-7-4-5-11-21(17)25-23(18)29-16-22(27)26(15-20-10-6-12-28-20)19-8-2-1-3-9-19/h1-3,6,8-10,12-13H,4-5,7,11,15-16H2. The number of para-hydroxylation sites is 1. The van der Waals surface area contributed by atoms with Gasteiger partial charge in [-0.2, -0.15) is 5.26 Å². The normalized spacial score (nSPS) is 12.8. The molecule has 1 amide bonds. The summed E-state index contributed by atoms with van der Waals surface area (Å²) in [4.78, 5) is 19.5. The second-order valence-electron chi connectivity index (χ2n) is 6.95. The number of hydrogen-bond donors (Lipinski definition) is 0. The van der Waals surface area contributed by atoms with Crippen LogP contribution in [0, 0.1) is 11.3 Å². The number of anilines is 1. The molecule has 0 saturated carbocycles. The number of aromatic nitrogens is 1. The predicted octanol–water partition coefficient (Wildman–Crippen LogP) is 4.75. The minimum Gasteiger partial charge on any atom is -0.467 e. The molecular formula is C23H21N3O2S. The number of hydrogen-bond acceptors (Lipinski definition) is 5. The Balaban J connectivity index is 1.53. The van der Waals surface area contributed by atoms with Gasteiger partial charge in [0, 0.05) is 11.4 Å². The summed E-state index contributed by atoms with van der Waals surface area (Å²) in [7, 11) is 0. The van der Waals surface area contributed by atoms with Crippen LogP contribution >= 0.6 is 11.8 Å². The van der Waals surface area contributed by atoms with Crippen molar-refractivity contribution in [3.63, 3.8) is 0 Å². The molecule has 0 fully saturated rings. The van der Waals surface area contributed by atoms with Crippen LogP contribution in [0.25, 0.3) is 0 Å². The smallest absolute Gasteiger partial charge is 0.237 e. The van der Waals surface area contributed by atoms with Gasteiger partial charge in [0.25, 0.3) is 0 Å². The maximum Gasteiger partial charge on any atom is 0.237 e. The van der Waals surface area contributed by atoms with Crippen molar-refractivity contribution >= 4 is 23.4 Å². The molecule has 4 rings (SSSR count). The molecule has 2 aromatic heterocycles. The number of fused-ring (bicyclic) bond motifs is 1. The van der Waals surface area contributed by atoms with Gasteiger partial charge in [-0.25, -0.2) is 4.98 Å². The van der Waals surface area contributed by atoms with Crippen LogP contribution in [0.4, 0.5) is 5.69 Å². The van der Waals surface area contributed by atoms with Gasteiger partial charge >= 0.3 is 0 Å². The van der Waals surface area contributed by atoms with E-state index in [9.17, 15) is 10.1 Å². The first-order valence-corrected chi connectivity index (χ1v) is 10.7. The van der Waals surface area contributed by atoms with Crippen molar-refractivity contribution in [2.24, 2.45) is 0 Å². The molecule has 0 unspecified atom stereocenters. The van der Waals surface area contributed by atoms with Gasteiger partial charge in [0.05, 0.1) is 24.1 Å². The quantitative estimate of drug-likeness (QED) is 0.556. The molecule has 0 saturated heterocycles. The fourth-order valence-corrected chi connectivity index (χ4v) is 4.35. The summed E-state index contributed by atoms with van der Waals surface area (Å²) in [6, 6.07) is 17.4. The summed E-state index contributed by atoms with van der Waals surface area (Å²) in [6.07, 6.45) is 5.79. The van der Waals surface area contributed by atoms with E-state index < -0.39 is 0 Å². The van der Waals surface area contributed by atoms with Gasteiger partial charge < -0.3 is 9.32 Å². The molecule has 0 N–H and O–H groups in total. The summed E-state index contributed by atoms with van der Waals surface area (Å²) in [5.74, 6) is 0.869. The molecule has 29 heavy (non-hydrogen) atoms. The Morgan fingerprint density at radius 2 is 2.00 bits per heavy atom. The summed E-state index contributed by atoms with van der Waals surface area (Å²) in [6.45, 7) is 0.360. The number of furan rings is 1. The molecule has 0 atom stereocenters. The Kier molecular flexibility index (Phi) is 5.97. The summed E-state index contributed by atoms with van der Waals surface area (Å²) in [5, 5.41) is 10.2. The highest BCUT2D eigenvalue weighted by Crippen LogP contribution is 2.28. The zero-order valence-electron chi connectivity index (χ0n) is 16.0. The third-order valence-electron chi connectivity index (χ3n) is 4.98. The fourth-order valence-electron chi connectivity index (χ4n) is 3.50. The molecule has 0 spiro atoms. The lowest BCUT2D eigenvalue weighted by Crippen LogP contribution is -2.31. The maximum atomic E-state index is 13.1. The number of carbonyl (C=O) groups excluding carboxylic acids is 1. The first kappa shape index (κ1) is 19.3. The monoisotopic (exact) mass is 403 g/mol. The second kappa shape index (κ2) is 8.97. The molecule has 1 aliphatic carbocycles. The van der Waals surface area contributed by atoms with Gasteiger partial charge in [-0.05, 0) is 61.6 Å². The lowest BCUT2D eigenvalue weighted by molar-refractivity contribution is -0.116. The van der Waals surface area contributed by atoms with Crippen molar-refractivity contribution in [2.75, 3.05) is 10.7 Å². The van der Waals surface area contributed by atoms with E-state index in [0.717, 1.165) is 42.8 Å². The third kappa shape index (κ3) is 4.52. The number of aryl methyl sites for hydroxylation is 2. The highest BCUT2D eigenvalue weighted by Gasteiger charge is 2.20. The Morgan fingerprint density at radius 3 is 2.76 bits per heavy atom. The van der Waals surface area contributed by atoms with Crippen LogP contribution in [0.5, 0.6) is 0 Å². The average molecular weight is 404 g/mol. The second-order valence-corrected chi connectivity index (χ2v) is 7.91. The average Bonchev–Trinajstić information content (AvgIpc) is 3.29. The first-order valence-electron chi connectivity index (χ1n) is 9.68. The van der Waals surface area contributed by atoms with Crippen LogP contribution < -0.4 is 4.90 Å². The summed E-state index contributed by atoms with van der Waals surface area (Å²) >= 11 is 1.33. The highest BCUT2D eigenvalue weighted by molar-refractivity contribution is 8.00. The van der Waals surface area contributed by atoms with E-state index in [-0.39, 0.29) is 11.7 Å².